The third-order valence-corrected chi connectivity index (χ3v) is 5.40. The third-order valence-electron chi connectivity index (χ3n) is 4.13. The minimum Gasteiger partial charge on any atom is -0.338 e. The predicted molar refractivity (Wildman–Crippen MR) is 101 cm³/mol. The van der Waals surface area contributed by atoms with Gasteiger partial charge in [-0.25, -0.2) is 0 Å². The van der Waals surface area contributed by atoms with Gasteiger partial charge in [0.15, 0.2) is 0 Å². The fourth-order valence-corrected chi connectivity index (χ4v) is 3.98. The van der Waals surface area contributed by atoms with E-state index in [0.29, 0.717) is 13.1 Å². The Morgan fingerprint density at radius 1 is 1.12 bits per heavy atom. The monoisotopic (exact) mass is 354 g/mol. The van der Waals surface area contributed by atoms with Crippen molar-refractivity contribution in [3.63, 3.8) is 0 Å². The average molecular weight is 354 g/mol. The Bertz CT molecular complexity index is 748. The van der Waals surface area contributed by atoms with Crippen molar-refractivity contribution in [2.45, 2.75) is 36.5 Å². The molecule has 0 aromatic heterocycles. The molecule has 2 aromatic rings. The zero-order valence-electron chi connectivity index (χ0n) is 14.3. The van der Waals surface area contributed by atoms with E-state index in [4.69, 9.17) is 0 Å². The van der Waals surface area contributed by atoms with E-state index in [1.54, 1.807) is 0 Å². The number of amides is 2. The predicted octanol–water partition coefficient (Wildman–Crippen LogP) is 3.93. The van der Waals surface area contributed by atoms with Gasteiger partial charge in [0.1, 0.15) is 0 Å². The minimum absolute atomic E-state index is 0.0257. The highest BCUT2D eigenvalue weighted by atomic mass is 32.2. The Morgan fingerprint density at radius 3 is 2.60 bits per heavy atom. The van der Waals surface area contributed by atoms with E-state index in [1.165, 1.54) is 11.8 Å². The van der Waals surface area contributed by atoms with Crippen molar-refractivity contribution < 1.29 is 9.59 Å². The van der Waals surface area contributed by atoms with Gasteiger partial charge in [0.05, 0.1) is 10.9 Å². The molecule has 3 rings (SSSR count). The lowest BCUT2D eigenvalue weighted by atomic mass is 10.1. The first-order chi connectivity index (χ1) is 12.2. The van der Waals surface area contributed by atoms with E-state index in [2.05, 4.69) is 12.2 Å². The topological polar surface area (TPSA) is 49.4 Å². The third kappa shape index (κ3) is 4.42. The molecule has 2 aromatic carbocycles. The van der Waals surface area contributed by atoms with E-state index >= 15 is 0 Å². The molecule has 0 spiro atoms. The lowest BCUT2D eigenvalue weighted by molar-refractivity contribution is -0.133. The highest BCUT2D eigenvalue weighted by molar-refractivity contribution is 8.01. The average Bonchev–Trinajstić information content (AvgIpc) is 2.63. The van der Waals surface area contributed by atoms with Gasteiger partial charge in [-0.3, -0.25) is 9.59 Å². The number of para-hydroxylation sites is 1. The first-order valence-corrected chi connectivity index (χ1v) is 9.43. The zero-order valence-corrected chi connectivity index (χ0v) is 15.1. The second-order valence-electron chi connectivity index (χ2n) is 6.10. The van der Waals surface area contributed by atoms with Crippen LogP contribution in [0.25, 0.3) is 0 Å². The van der Waals surface area contributed by atoms with Crippen molar-refractivity contribution in [2.75, 3.05) is 11.9 Å². The van der Waals surface area contributed by atoms with Crippen molar-refractivity contribution >= 4 is 29.3 Å². The molecule has 0 aliphatic carbocycles. The molecule has 1 N–H and O–H groups in total. The lowest BCUT2D eigenvalue weighted by Gasteiger charge is -2.27. The molecule has 0 bridgehead atoms. The number of nitrogens with zero attached hydrogens (tertiary/aromatic N) is 1. The molecule has 4 nitrogen and oxygen atoms in total. The van der Waals surface area contributed by atoms with Gasteiger partial charge < -0.3 is 10.2 Å². The minimum atomic E-state index is -0.377. The highest BCUT2D eigenvalue weighted by Crippen LogP contribution is 2.36. The van der Waals surface area contributed by atoms with Crippen LogP contribution in [0.2, 0.25) is 0 Å². The number of carbonyl (C=O) groups excluding carboxylic acids is 2. The smallest absolute Gasteiger partial charge is 0.238 e. The van der Waals surface area contributed by atoms with Gasteiger partial charge in [-0.15, -0.1) is 11.8 Å². The Labute approximate surface area is 152 Å². The van der Waals surface area contributed by atoms with E-state index in [-0.39, 0.29) is 23.5 Å². The number of fused-ring (bicyclic) bond motifs is 1. The van der Waals surface area contributed by atoms with Gasteiger partial charge in [0.25, 0.3) is 0 Å². The van der Waals surface area contributed by atoms with E-state index in [0.717, 1.165) is 22.6 Å². The summed E-state index contributed by atoms with van der Waals surface area (Å²) < 4.78 is 0. The van der Waals surface area contributed by atoms with Crippen molar-refractivity contribution in [1.29, 1.82) is 0 Å². The number of rotatable bonds is 6. The molecule has 130 valence electrons. The van der Waals surface area contributed by atoms with Gasteiger partial charge in [-0.05, 0) is 24.1 Å². The Hall–Kier alpha value is -2.27. The standard InChI is InChI=1S/C20H22N2O2S/c1-2-12-22(14-15-8-4-3-5-9-15)19(23)13-18-20(24)21-16-10-6-7-11-17(16)25-18/h3-11,18H,2,12-14H2,1H3,(H,21,24). The second-order valence-corrected chi connectivity index (χ2v) is 7.34. The molecule has 0 saturated heterocycles. The summed E-state index contributed by atoms with van der Waals surface area (Å²) in [6.45, 7) is 3.34. The molecule has 1 aliphatic rings. The zero-order chi connectivity index (χ0) is 17.6. The van der Waals surface area contributed by atoms with Crippen LogP contribution in [-0.2, 0) is 16.1 Å². The summed E-state index contributed by atoms with van der Waals surface area (Å²) in [5.74, 6) is -0.0639. The van der Waals surface area contributed by atoms with Gasteiger partial charge in [-0.1, -0.05) is 49.4 Å². The van der Waals surface area contributed by atoms with Crippen LogP contribution in [0.5, 0.6) is 0 Å². The normalized spacial score (nSPS) is 16.0. The molecular weight excluding hydrogens is 332 g/mol. The number of hydrogen-bond donors (Lipinski definition) is 1. The molecule has 1 aliphatic heterocycles. The number of thioether (sulfide) groups is 1. The molecular formula is C20H22N2O2S. The summed E-state index contributed by atoms with van der Waals surface area (Å²) in [6.07, 6.45) is 1.11. The maximum absolute atomic E-state index is 12.8. The summed E-state index contributed by atoms with van der Waals surface area (Å²) in [4.78, 5) is 28.0. The molecule has 1 heterocycles. The first kappa shape index (κ1) is 17.5. The summed E-state index contributed by atoms with van der Waals surface area (Å²) in [6, 6.07) is 17.7. The molecule has 25 heavy (non-hydrogen) atoms. The number of nitrogens with one attached hydrogen (secondary N) is 1. The quantitative estimate of drug-likeness (QED) is 0.855. The maximum Gasteiger partial charge on any atom is 0.238 e. The second kappa shape index (κ2) is 8.21. The summed E-state index contributed by atoms with van der Waals surface area (Å²) >= 11 is 1.48. The van der Waals surface area contributed by atoms with Crippen LogP contribution in [0.4, 0.5) is 5.69 Å². The Balaban J connectivity index is 1.68. The maximum atomic E-state index is 12.8. The van der Waals surface area contributed by atoms with Gasteiger partial charge >= 0.3 is 0 Å². The summed E-state index contributed by atoms with van der Waals surface area (Å²) in [7, 11) is 0. The lowest BCUT2D eigenvalue weighted by Crippen LogP contribution is -2.37. The van der Waals surface area contributed by atoms with Crippen LogP contribution in [0, 0.1) is 0 Å². The SMILES string of the molecule is CCCN(Cc1ccccc1)C(=O)CC1Sc2ccccc2NC1=O. The van der Waals surface area contributed by atoms with Crippen LogP contribution < -0.4 is 5.32 Å². The molecule has 1 atom stereocenters. The van der Waals surface area contributed by atoms with Crippen LogP contribution in [-0.4, -0.2) is 28.5 Å². The number of benzene rings is 2. The van der Waals surface area contributed by atoms with Crippen molar-refractivity contribution in [3.8, 4) is 0 Å². The van der Waals surface area contributed by atoms with E-state index in [1.807, 2.05) is 59.5 Å². The van der Waals surface area contributed by atoms with Crippen molar-refractivity contribution in [1.82, 2.24) is 4.90 Å². The Morgan fingerprint density at radius 2 is 1.84 bits per heavy atom. The fourth-order valence-electron chi connectivity index (χ4n) is 2.88. The molecule has 2 amide bonds. The largest absolute Gasteiger partial charge is 0.338 e. The molecule has 1 unspecified atom stereocenters. The number of anilines is 1. The first-order valence-electron chi connectivity index (χ1n) is 8.55. The van der Waals surface area contributed by atoms with E-state index < -0.39 is 0 Å². The molecule has 0 radical (unpaired) electrons. The Kier molecular flexibility index (Phi) is 5.76. The van der Waals surface area contributed by atoms with Crippen LogP contribution in [0.1, 0.15) is 25.3 Å². The number of hydrogen-bond acceptors (Lipinski definition) is 3. The van der Waals surface area contributed by atoms with E-state index in [9.17, 15) is 9.59 Å². The highest BCUT2D eigenvalue weighted by Gasteiger charge is 2.30. The summed E-state index contributed by atoms with van der Waals surface area (Å²) in [5, 5.41) is 2.53. The molecule has 0 fully saturated rings. The molecule has 0 saturated carbocycles. The molecule has 5 heteroatoms. The van der Waals surface area contributed by atoms with Crippen molar-refractivity contribution in [2.24, 2.45) is 0 Å². The van der Waals surface area contributed by atoms with Gasteiger partial charge in [0.2, 0.25) is 11.8 Å². The van der Waals surface area contributed by atoms with Crippen molar-refractivity contribution in [3.05, 3.63) is 60.2 Å². The van der Waals surface area contributed by atoms with Gasteiger partial charge in [0, 0.05) is 24.4 Å². The number of carbonyl (C=O) groups is 2. The van der Waals surface area contributed by atoms with Crippen LogP contribution in [0.3, 0.4) is 0 Å². The fraction of sp³-hybridized carbons (Fsp3) is 0.300. The van der Waals surface area contributed by atoms with Crippen LogP contribution >= 0.6 is 11.8 Å². The summed E-state index contributed by atoms with van der Waals surface area (Å²) in [5.41, 5.74) is 1.94. The van der Waals surface area contributed by atoms with Crippen LogP contribution in [0.15, 0.2) is 59.5 Å². The van der Waals surface area contributed by atoms with Gasteiger partial charge in [-0.2, -0.15) is 0 Å².